The third kappa shape index (κ3) is 73.0. The summed E-state index contributed by atoms with van der Waals surface area (Å²) in [5.41, 5.74) is 0. The van der Waals surface area contributed by atoms with Crippen LogP contribution in [0, 0.1) is 0 Å². The molecule has 0 aromatic carbocycles. The lowest BCUT2D eigenvalue weighted by Gasteiger charge is -2.20. The smallest absolute Gasteiger partial charge is 0.305 e. The SMILES string of the molecule is CCCCCC/C=C\CCCCCCCC(=O)OCCCCCCCCCCCCCCCCCC/C=C\CCCCCCCCCCCCCCCCCCCC(=O)NC(CO)C(O)/C=C/CCCCCCCCCCCCCCCCCCCC. The van der Waals surface area contributed by atoms with E-state index in [-0.39, 0.29) is 18.5 Å². The largest absolute Gasteiger partial charge is 0.466 e. The molecule has 0 saturated carbocycles. The van der Waals surface area contributed by atoms with Gasteiger partial charge in [-0.3, -0.25) is 9.59 Å². The van der Waals surface area contributed by atoms with Crippen molar-refractivity contribution in [3.63, 3.8) is 0 Å². The van der Waals surface area contributed by atoms with Crippen molar-refractivity contribution in [2.45, 2.75) is 456 Å². The number of hydrogen-bond acceptors (Lipinski definition) is 5. The second-order valence-electron chi connectivity index (χ2n) is 27.4. The van der Waals surface area contributed by atoms with Gasteiger partial charge in [-0.2, -0.15) is 0 Å². The summed E-state index contributed by atoms with van der Waals surface area (Å²) in [6.45, 7) is 4.93. The molecule has 2 unspecified atom stereocenters. The Balaban J connectivity index is 3.35. The monoisotopic (exact) mass is 1220 g/mol. The van der Waals surface area contributed by atoms with E-state index in [0.717, 1.165) is 44.9 Å². The molecule has 0 aliphatic heterocycles. The Bertz CT molecular complexity index is 1410. The molecule has 0 heterocycles. The van der Waals surface area contributed by atoms with E-state index >= 15 is 0 Å². The molecule has 0 fully saturated rings. The van der Waals surface area contributed by atoms with Gasteiger partial charge in [0.1, 0.15) is 0 Å². The quantitative estimate of drug-likeness (QED) is 0.0320. The Morgan fingerprint density at radius 2 is 0.540 bits per heavy atom. The van der Waals surface area contributed by atoms with E-state index in [9.17, 15) is 19.8 Å². The number of aliphatic hydroxyl groups excluding tert-OH is 2. The van der Waals surface area contributed by atoms with Crippen LogP contribution in [0.5, 0.6) is 0 Å². The Morgan fingerprint density at radius 3 is 0.828 bits per heavy atom. The van der Waals surface area contributed by atoms with Crippen molar-refractivity contribution in [1.82, 2.24) is 5.32 Å². The summed E-state index contributed by atoms with van der Waals surface area (Å²) < 4.78 is 5.49. The lowest BCUT2D eigenvalue weighted by atomic mass is 10.0. The average molecular weight is 1220 g/mol. The fraction of sp³-hybridized carbons (Fsp3) is 0.901. The fourth-order valence-corrected chi connectivity index (χ4v) is 12.6. The highest BCUT2D eigenvalue weighted by molar-refractivity contribution is 5.76. The lowest BCUT2D eigenvalue weighted by molar-refractivity contribution is -0.143. The van der Waals surface area contributed by atoms with Crippen LogP contribution in [0.2, 0.25) is 0 Å². The van der Waals surface area contributed by atoms with Gasteiger partial charge in [-0.25, -0.2) is 0 Å². The molecule has 0 spiro atoms. The normalized spacial score (nSPS) is 12.6. The van der Waals surface area contributed by atoms with Gasteiger partial charge in [-0.05, 0) is 83.5 Å². The maximum Gasteiger partial charge on any atom is 0.305 e. The molecule has 1 amide bonds. The number of hydrogen-bond donors (Lipinski definition) is 3. The Hall–Kier alpha value is -1.92. The number of rotatable bonds is 75. The third-order valence-electron chi connectivity index (χ3n) is 18.6. The summed E-state index contributed by atoms with van der Waals surface area (Å²) in [5.74, 6) is -0.0472. The van der Waals surface area contributed by atoms with E-state index in [2.05, 4.69) is 43.5 Å². The van der Waals surface area contributed by atoms with E-state index in [0.29, 0.717) is 19.4 Å². The number of nitrogens with one attached hydrogen (secondary N) is 1. The van der Waals surface area contributed by atoms with E-state index in [1.165, 1.54) is 372 Å². The van der Waals surface area contributed by atoms with Gasteiger partial charge in [-0.1, -0.05) is 384 Å². The highest BCUT2D eigenvalue weighted by Gasteiger charge is 2.18. The van der Waals surface area contributed by atoms with Gasteiger partial charge in [0.15, 0.2) is 0 Å². The molecule has 0 aromatic rings. The number of allylic oxidation sites excluding steroid dienone is 5. The summed E-state index contributed by atoms with van der Waals surface area (Å²) in [5, 5.41) is 23.3. The summed E-state index contributed by atoms with van der Waals surface area (Å²) >= 11 is 0. The lowest BCUT2D eigenvalue weighted by Crippen LogP contribution is -2.45. The predicted molar refractivity (Wildman–Crippen MR) is 384 cm³/mol. The van der Waals surface area contributed by atoms with Crippen molar-refractivity contribution in [3.05, 3.63) is 36.5 Å². The van der Waals surface area contributed by atoms with Crippen LogP contribution >= 0.6 is 0 Å². The number of carbonyl (C=O) groups excluding carboxylic acids is 2. The molecular formula is C81H155NO5. The number of amides is 1. The summed E-state index contributed by atoms with van der Waals surface area (Å²) in [4.78, 5) is 24.6. The van der Waals surface area contributed by atoms with Crippen LogP contribution in [-0.2, 0) is 14.3 Å². The summed E-state index contributed by atoms with van der Waals surface area (Å²) in [6.07, 6.45) is 99.9. The van der Waals surface area contributed by atoms with Gasteiger partial charge in [0.25, 0.3) is 0 Å². The van der Waals surface area contributed by atoms with Crippen molar-refractivity contribution in [2.24, 2.45) is 0 Å². The van der Waals surface area contributed by atoms with Gasteiger partial charge in [0, 0.05) is 12.8 Å². The first-order chi connectivity index (χ1) is 43.0. The molecule has 0 rings (SSSR count). The molecule has 87 heavy (non-hydrogen) atoms. The van der Waals surface area contributed by atoms with Gasteiger partial charge < -0.3 is 20.3 Å². The van der Waals surface area contributed by atoms with Gasteiger partial charge in [-0.15, -0.1) is 0 Å². The first-order valence-electron chi connectivity index (χ1n) is 39.8. The molecule has 514 valence electrons. The van der Waals surface area contributed by atoms with Gasteiger partial charge in [0.2, 0.25) is 5.91 Å². The van der Waals surface area contributed by atoms with Crippen LogP contribution in [0.4, 0.5) is 0 Å². The van der Waals surface area contributed by atoms with Crippen molar-refractivity contribution >= 4 is 11.9 Å². The molecule has 0 aliphatic carbocycles. The number of carbonyl (C=O) groups is 2. The molecule has 3 N–H and O–H groups in total. The molecule has 2 atom stereocenters. The molecule has 0 aliphatic rings. The molecule has 6 nitrogen and oxygen atoms in total. The first-order valence-corrected chi connectivity index (χ1v) is 39.8. The number of unbranched alkanes of at least 4 members (excludes halogenated alkanes) is 60. The van der Waals surface area contributed by atoms with Crippen LogP contribution in [0.3, 0.4) is 0 Å². The second-order valence-corrected chi connectivity index (χ2v) is 27.4. The third-order valence-corrected chi connectivity index (χ3v) is 18.6. The average Bonchev–Trinajstić information content (AvgIpc) is 3.54. The predicted octanol–water partition coefficient (Wildman–Crippen LogP) is 26.2. The van der Waals surface area contributed by atoms with Crippen LogP contribution in [0.15, 0.2) is 36.5 Å². The van der Waals surface area contributed by atoms with Crippen LogP contribution in [-0.4, -0.2) is 47.4 Å². The Morgan fingerprint density at radius 1 is 0.310 bits per heavy atom. The fourth-order valence-electron chi connectivity index (χ4n) is 12.6. The minimum atomic E-state index is -0.843. The van der Waals surface area contributed by atoms with E-state index in [4.69, 9.17) is 4.74 Å². The maximum atomic E-state index is 12.5. The zero-order valence-electron chi connectivity index (χ0n) is 59.0. The maximum absolute atomic E-state index is 12.5. The molecule has 0 saturated heterocycles. The minimum Gasteiger partial charge on any atom is -0.466 e. The molecule has 0 aromatic heterocycles. The number of esters is 1. The number of ether oxygens (including phenoxy) is 1. The molecule has 6 heteroatoms. The van der Waals surface area contributed by atoms with Crippen molar-refractivity contribution in [2.75, 3.05) is 13.2 Å². The first kappa shape index (κ1) is 85.1. The van der Waals surface area contributed by atoms with Crippen molar-refractivity contribution in [1.29, 1.82) is 0 Å². The van der Waals surface area contributed by atoms with E-state index < -0.39 is 12.1 Å². The standard InChI is InChI=1S/C81H155NO5/c1-3-5-7-9-11-13-15-17-18-19-20-40-43-46-50-53-57-61-65-69-73-79(84)78(77-83)82-80(85)74-70-66-62-58-54-51-47-44-41-38-36-34-32-30-28-26-24-22-21-23-25-27-29-31-33-35-37-39-42-45-48-52-56-60-64-68-72-76-87-81(86)75-71-67-63-59-55-49-16-14-12-10-8-6-4-2/h14,16,21,23,69,73,78-79,83-84H,3-13,15,17-20,22,24-68,70-72,74-77H2,1-2H3,(H,82,85)/b16-14-,23-21-,73-69+. The zero-order valence-corrected chi connectivity index (χ0v) is 59.0. The number of aliphatic hydroxyl groups is 2. The van der Waals surface area contributed by atoms with Crippen LogP contribution in [0.25, 0.3) is 0 Å². The minimum absolute atomic E-state index is 0.0125. The second kappa shape index (κ2) is 76.5. The van der Waals surface area contributed by atoms with Gasteiger partial charge in [0.05, 0.1) is 25.4 Å². The highest BCUT2D eigenvalue weighted by Crippen LogP contribution is 2.20. The molecular weight excluding hydrogens is 1070 g/mol. The summed E-state index contributed by atoms with van der Waals surface area (Å²) in [7, 11) is 0. The zero-order chi connectivity index (χ0) is 62.8. The van der Waals surface area contributed by atoms with Crippen LogP contribution in [0.1, 0.15) is 444 Å². The topological polar surface area (TPSA) is 95.9 Å². The molecule has 0 radical (unpaired) electrons. The highest BCUT2D eigenvalue weighted by atomic mass is 16.5. The summed E-state index contributed by atoms with van der Waals surface area (Å²) in [6, 6.07) is -0.626. The molecule has 0 bridgehead atoms. The van der Waals surface area contributed by atoms with E-state index in [1.54, 1.807) is 6.08 Å². The van der Waals surface area contributed by atoms with Gasteiger partial charge >= 0.3 is 5.97 Å². The Kier molecular flexibility index (Phi) is 74.8. The van der Waals surface area contributed by atoms with Crippen molar-refractivity contribution in [3.8, 4) is 0 Å². The Labute approximate surface area is 544 Å². The van der Waals surface area contributed by atoms with Crippen LogP contribution < -0.4 is 5.32 Å². The van der Waals surface area contributed by atoms with E-state index in [1.807, 2.05) is 6.08 Å². The van der Waals surface area contributed by atoms with Crippen molar-refractivity contribution < 1.29 is 24.5 Å².